The molecule has 0 amide bonds. The lowest BCUT2D eigenvalue weighted by Crippen LogP contribution is -2.45. The van der Waals surface area contributed by atoms with Crippen LogP contribution in [0, 0.1) is 18.9 Å². The highest BCUT2D eigenvalue weighted by Gasteiger charge is 2.42. The third-order valence-corrected chi connectivity index (χ3v) is 1.39. The van der Waals surface area contributed by atoms with E-state index < -0.39 is 17.5 Å². The SMILES string of the molecule is [CH2]C(O)C([CH]N)(C=O)C(=O)O. The molecule has 2 atom stereocenters. The van der Waals surface area contributed by atoms with Gasteiger partial charge in [-0.15, -0.1) is 0 Å². The molecule has 0 spiro atoms. The van der Waals surface area contributed by atoms with Crippen molar-refractivity contribution >= 4 is 12.3 Å². The molecule has 0 aromatic carbocycles. The number of aliphatic carboxylic acids is 1. The van der Waals surface area contributed by atoms with Crippen molar-refractivity contribution in [3.05, 3.63) is 13.5 Å². The summed E-state index contributed by atoms with van der Waals surface area (Å²) in [5.74, 6) is -1.52. The topological polar surface area (TPSA) is 101 Å². The number of carboxylic acids is 1. The Bertz CT molecular complexity index is 168. The lowest BCUT2D eigenvalue weighted by Gasteiger charge is -2.23. The van der Waals surface area contributed by atoms with Gasteiger partial charge in [0.25, 0.3) is 0 Å². The lowest BCUT2D eigenvalue weighted by atomic mass is 9.85. The van der Waals surface area contributed by atoms with Gasteiger partial charge < -0.3 is 20.7 Å². The highest BCUT2D eigenvalue weighted by atomic mass is 16.4. The minimum absolute atomic E-state index is 0.0486. The first-order chi connectivity index (χ1) is 5.01. The second-order valence-electron chi connectivity index (χ2n) is 2.04. The maximum atomic E-state index is 10.4. The molecule has 0 fully saturated rings. The summed E-state index contributed by atoms with van der Waals surface area (Å²) in [6.07, 6.45) is -1.53. The number of aliphatic hydroxyl groups excluding tert-OH is 1. The number of aliphatic hydroxyl groups is 1. The highest BCUT2D eigenvalue weighted by molar-refractivity contribution is 5.94. The van der Waals surface area contributed by atoms with Crippen molar-refractivity contribution in [3.8, 4) is 0 Å². The summed E-state index contributed by atoms with van der Waals surface area (Å²) in [7, 11) is 0. The van der Waals surface area contributed by atoms with Gasteiger partial charge in [0, 0.05) is 6.54 Å². The maximum absolute atomic E-state index is 10.4. The summed E-state index contributed by atoms with van der Waals surface area (Å²) in [6.45, 7) is 3.62. The van der Waals surface area contributed by atoms with Crippen LogP contribution in [0.1, 0.15) is 0 Å². The first kappa shape index (κ1) is 10.1. The Labute approximate surface area is 63.8 Å². The quantitative estimate of drug-likeness (QED) is 0.345. The Morgan fingerprint density at radius 3 is 2.18 bits per heavy atom. The van der Waals surface area contributed by atoms with E-state index >= 15 is 0 Å². The van der Waals surface area contributed by atoms with Gasteiger partial charge in [-0.25, -0.2) is 0 Å². The number of carboxylic acid groups (broad SMARTS) is 1. The highest BCUT2D eigenvalue weighted by Crippen LogP contribution is 2.20. The predicted molar refractivity (Wildman–Crippen MR) is 36.0 cm³/mol. The van der Waals surface area contributed by atoms with Crippen LogP contribution in [0.15, 0.2) is 0 Å². The fourth-order valence-electron chi connectivity index (χ4n) is 0.493. The zero-order valence-electron chi connectivity index (χ0n) is 5.73. The lowest BCUT2D eigenvalue weighted by molar-refractivity contribution is -0.153. The number of carbonyl (C=O) groups excluding carboxylic acids is 1. The normalized spacial score (nSPS) is 18.5. The van der Waals surface area contributed by atoms with Crippen molar-refractivity contribution in [2.24, 2.45) is 11.1 Å². The van der Waals surface area contributed by atoms with Crippen LogP contribution in [0.5, 0.6) is 0 Å². The zero-order valence-corrected chi connectivity index (χ0v) is 5.73. The summed E-state index contributed by atoms with van der Waals surface area (Å²) >= 11 is 0. The van der Waals surface area contributed by atoms with E-state index in [9.17, 15) is 9.59 Å². The zero-order chi connectivity index (χ0) is 9.07. The van der Waals surface area contributed by atoms with Gasteiger partial charge in [0.2, 0.25) is 0 Å². The van der Waals surface area contributed by atoms with Crippen molar-refractivity contribution in [2.75, 3.05) is 0 Å². The molecule has 0 rings (SSSR count). The molecule has 0 bridgehead atoms. The van der Waals surface area contributed by atoms with Crippen LogP contribution in [0.25, 0.3) is 0 Å². The monoisotopic (exact) mass is 159 g/mol. The Balaban J connectivity index is 4.75. The Kier molecular flexibility index (Phi) is 3.16. The number of hydrogen-bond donors (Lipinski definition) is 3. The fourth-order valence-corrected chi connectivity index (χ4v) is 0.493. The van der Waals surface area contributed by atoms with Gasteiger partial charge in [0.05, 0.1) is 6.10 Å². The minimum atomic E-state index is -2.08. The van der Waals surface area contributed by atoms with Gasteiger partial charge in [0.1, 0.15) is 6.29 Å². The molecule has 2 unspecified atom stereocenters. The summed E-state index contributed by atoms with van der Waals surface area (Å²) in [4.78, 5) is 20.6. The van der Waals surface area contributed by atoms with E-state index in [-0.39, 0.29) is 6.29 Å². The van der Waals surface area contributed by atoms with E-state index in [1.165, 1.54) is 0 Å². The molecule has 2 radical (unpaired) electrons. The van der Waals surface area contributed by atoms with Crippen molar-refractivity contribution in [2.45, 2.75) is 6.10 Å². The molecule has 5 heteroatoms. The number of rotatable bonds is 4. The summed E-state index contributed by atoms with van der Waals surface area (Å²) in [5.41, 5.74) is 2.80. The van der Waals surface area contributed by atoms with Gasteiger partial charge in [-0.05, 0) is 6.92 Å². The van der Waals surface area contributed by atoms with Crippen LogP contribution >= 0.6 is 0 Å². The Morgan fingerprint density at radius 2 is 2.18 bits per heavy atom. The van der Waals surface area contributed by atoms with Gasteiger partial charge in [0.15, 0.2) is 5.41 Å². The van der Waals surface area contributed by atoms with E-state index in [1.807, 2.05) is 0 Å². The third-order valence-electron chi connectivity index (χ3n) is 1.39. The van der Waals surface area contributed by atoms with E-state index in [1.54, 1.807) is 0 Å². The van der Waals surface area contributed by atoms with E-state index in [0.29, 0.717) is 6.54 Å². The average Bonchev–Trinajstić information content (AvgIpc) is 1.90. The third kappa shape index (κ3) is 1.55. The first-order valence-corrected chi connectivity index (χ1v) is 2.78. The maximum Gasteiger partial charge on any atom is 0.321 e. The number of carbonyl (C=O) groups is 2. The minimum Gasteiger partial charge on any atom is -0.480 e. The number of aldehydes is 1. The molecule has 0 saturated carbocycles. The smallest absolute Gasteiger partial charge is 0.321 e. The first-order valence-electron chi connectivity index (χ1n) is 2.78. The standard InChI is InChI=1S/C6H9NO4/c1-4(9)6(2-7,3-8)5(10)11/h2-4,9H,1,7H2,(H,10,11). The number of nitrogens with two attached hydrogens (primary N) is 1. The fraction of sp³-hybridized carbons (Fsp3) is 0.333. The molecular formula is C6H9NO4. The van der Waals surface area contributed by atoms with Gasteiger partial charge in [-0.2, -0.15) is 0 Å². The molecular weight excluding hydrogens is 150 g/mol. The summed E-state index contributed by atoms with van der Waals surface area (Å²) in [5, 5.41) is 17.3. The van der Waals surface area contributed by atoms with Crippen molar-refractivity contribution < 1.29 is 19.8 Å². The largest absolute Gasteiger partial charge is 0.480 e. The molecule has 5 nitrogen and oxygen atoms in total. The summed E-state index contributed by atoms with van der Waals surface area (Å²) < 4.78 is 0. The second kappa shape index (κ2) is 3.45. The van der Waals surface area contributed by atoms with Crippen molar-refractivity contribution in [1.82, 2.24) is 0 Å². The Morgan fingerprint density at radius 1 is 1.73 bits per heavy atom. The second-order valence-corrected chi connectivity index (χ2v) is 2.04. The molecule has 0 heterocycles. The average molecular weight is 159 g/mol. The van der Waals surface area contributed by atoms with Crippen LogP contribution in [-0.4, -0.2) is 28.6 Å². The van der Waals surface area contributed by atoms with Gasteiger partial charge >= 0.3 is 5.97 Å². The molecule has 0 aliphatic rings. The van der Waals surface area contributed by atoms with Gasteiger partial charge in [-0.3, -0.25) is 4.79 Å². The molecule has 0 aliphatic heterocycles. The molecule has 0 aliphatic carbocycles. The van der Waals surface area contributed by atoms with Crippen molar-refractivity contribution in [1.29, 1.82) is 0 Å². The molecule has 0 aromatic heterocycles. The van der Waals surface area contributed by atoms with E-state index in [4.69, 9.17) is 15.9 Å². The van der Waals surface area contributed by atoms with Gasteiger partial charge in [-0.1, -0.05) is 0 Å². The van der Waals surface area contributed by atoms with E-state index in [2.05, 4.69) is 6.92 Å². The van der Waals surface area contributed by atoms with Crippen LogP contribution in [0.4, 0.5) is 0 Å². The molecule has 11 heavy (non-hydrogen) atoms. The predicted octanol–water partition coefficient (Wildman–Crippen LogP) is -1.43. The van der Waals surface area contributed by atoms with Crippen LogP contribution in [0.3, 0.4) is 0 Å². The molecule has 4 N–H and O–H groups in total. The van der Waals surface area contributed by atoms with Crippen molar-refractivity contribution in [3.63, 3.8) is 0 Å². The van der Waals surface area contributed by atoms with Crippen LogP contribution in [0.2, 0.25) is 0 Å². The molecule has 62 valence electrons. The number of hydrogen-bond acceptors (Lipinski definition) is 4. The Hall–Kier alpha value is -0.940. The molecule has 0 aromatic rings. The molecule has 0 saturated heterocycles. The van der Waals surface area contributed by atoms with Crippen LogP contribution in [-0.2, 0) is 9.59 Å². The van der Waals surface area contributed by atoms with Crippen LogP contribution < -0.4 is 5.73 Å². The summed E-state index contributed by atoms with van der Waals surface area (Å²) in [6, 6.07) is 0. The van der Waals surface area contributed by atoms with E-state index in [0.717, 1.165) is 0 Å².